The van der Waals surface area contributed by atoms with E-state index in [1.807, 2.05) is 73.8 Å². The van der Waals surface area contributed by atoms with E-state index in [1.165, 1.54) is 23.1 Å². The molecule has 0 aliphatic carbocycles. The second kappa shape index (κ2) is 10.4. The number of carbonyl (C=O) groups is 1. The standard InChI is InChI=1S/C24H26N4O3S2/c1-15(22(29)25-12-18(28(2)3)19-10-7-11-31-19)32-14-20-26-23(30)21-17(13-33-24(21)27-20)16-8-5-4-6-9-16/h4-11,13,15,18H,12,14H2,1-3H3,(H,25,29)(H,26,27,30)/t15-,18+/m0/s1. The summed E-state index contributed by atoms with van der Waals surface area (Å²) in [5.74, 6) is 1.75. The van der Waals surface area contributed by atoms with Crippen LogP contribution in [0.5, 0.6) is 0 Å². The summed E-state index contributed by atoms with van der Waals surface area (Å²) in [4.78, 5) is 35.7. The van der Waals surface area contributed by atoms with E-state index in [1.54, 1.807) is 6.26 Å². The number of aromatic nitrogens is 2. The minimum absolute atomic E-state index is 0.0424. The first-order chi connectivity index (χ1) is 15.9. The van der Waals surface area contributed by atoms with Gasteiger partial charge in [0.05, 0.1) is 28.7 Å². The second-order valence-corrected chi connectivity index (χ2v) is 10.1. The van der Waals surface area contributed by atoms with Crippen LogP contribution in [0.2, 0.25) is 0 Å². The molecule has 4 aromatic rings. The van der Waals surface area contributed by atoms with Crippen LogP contribution in [0.3, 0.4) is 0 Å². The van der Waals surface area contributed by atoms with Crippen LogP contribution < -0.4 is 10.9 Å². The molecule has 7 nitrogen and oxygen atoms in total. The van der Waals surface area contributed by atoms with Crippen molar-refractivity contribution in [2.45, 2.75) is 24.0 Å². The molecule has 3 heterocycles. The Kier molecular flexibility index (Phi) is 7.32. The van der Waals surface area contributed by atoms with Crippen LogP contribution in [0.25, 0.3) is 21.3 Å². The monoisotopic (exact) mass is 482 g/mol. The van der Waals surface area contributed by atoms with Gasteiger partial charge in [0, 0.05) is 17.5 Å². The molecule has 0 saturated heterocycles. The number of nitrogens with one attached hydrogen (secondary N) is 2. The van der Waals surface area contributed by atoms with E-state index in [-0.39, 0.29) is 22.8 Å². The number of rotatable bonds is 9. The molecular weight excluding hydrogens is 456 g/mol. The summed E-state index contributed by atoms with van der Waals surface area (Å²) in [6.45, 7) is 2.30. The molecule has 33 heavy (non-hydrogen) atoms. The van der Waals surface area contributed by atoms with Crippen LogP contribution in [-0.2, 0) is 10.5 Å². The van der Waals surface area contributed by atoms with Crippen LogP contribution in [0.1, 0.15) is 24.6 Å². The maximum atomic E-state index is 12.8. The number of thioether (sulfide) groups is 1. The highest BCUT2D eigenvalue weighted by molar-refractivity contribution is 7.99. The molecular formula is C24H26N4O3S2. The Labute approximate surface area is 200 Å². The zero-order chi connectivity index (χ0) is 23.4. The first kappa shape index (κ1) is 23.3. The summed E-state index contributed by atoms with van der Waals surface area (Å²) in [5, 5.41) is 5.28. The number of benzene rings is 1. The summed E-state index contributed by atoms with van der Waals surface area (Å²) >= 11 is 2.90. The molecule has 1 amide bonds. The number of aromatic amines is 1. The minimum Gasteiger partial charge on any atom is -0.468 e. The molecule has 3 aromatic heterocycles. The Hall–Kier alpha value is -2.88. The van der Waals surface area contributed by atoms with Gasteiger partial charge in [0.25, 0.3) is 5.56 Å². The van der Waals surface area contributed by atoms with Crippen molar-refractivity contribution in [3.05, 3.63) is 76.0 Å². The van der Waals surface area contributed by atoms with Crippen molar-refractivity contribution in [1.82, 2.24) is 20.2 Å². The average Bonchev–Trinajstić information content (AvgIpc) is 3.48. The fraction of sp³-hybridized carbons (Fsp3) is 0.292. The van der Waals surface area contributed by atoms with Gasteiger partial charge in [-0.05, 0) is 38.7 Å². The SMILES string of the molecule is C[C@H](SCc1nc2scc(-c3ccccc3)c2c(=O)[nH]1)C(=O)NC[C@H](c1ccco1)N(C)C. The van der Waals surface area contributed by atoms with Crippen molar-refractivity contribution < 1.29 is 9.21 Å². The predicted molar refractivity (Wildman–Crippen MR) is 135 cm³/mol. The van der Waals surface area contributed by atoms with Crippen molar-refractivity contribution in [2.24, 2.45) is 0 Å². The van der Waals surface area contributed by atoms with E-state index in [4.69, 9.17) is 4.42 Å². The lowest BCUT2D eigenvalue weighted by Gasteiger charge is -2.23. The van der Waals surface area contributed by atoms with Crippen molar-refractivity contribution >= 4 is 39.2 Å². The lowest BCUT2D eigenvalue weighted by molar-refractivity contribution is -0.120. The number of likely N-dealkylation sites (N-methyl/N-ethyl adjacent to an activating group) is 1. The third-order valence-corrected chi connectivity index (χ3v) is 7.41. The van der Waals surface area contributed by atoms with Crippen LogP contribution in [0, 0.1) is 0 Å². The Morgan fingerprint density at radius 2 is 2.03 bits per heavy atom. The maximum Gasteiger partial charge on any atom is 0.260 e. The van der Waals surface area contributed by atoms with Gasteiger partial charge >= 0.3 is 0 Å². The topological polar surface area (TPSA) is 91.2 Å². The van der Waals surface area contributed by atoms with Crippen molar-refractivity contribution in [3.8, 4) is 11.1 Å². The number of amides is 1. The van der Waals surface area contributed by atoms with E-state index >= 15 is 0 Å². The van der Waals surface area contributed by atoms with E-state index in [0.717, 1.165) is 16.9 Å². The number of hydrogen-bond acceptors (Lipinski definition) is 7. The van der Waals surface area contributed by atoms with Gasteiger partial charge in [0.2, 0.25) is 5.91 Å². The van der Waals surface area contributed by atoms with Crippen LogP contribution >= 0.6 is 23.1 Å². The molecule has 0 spiro atoms. The number of nitrogens with zero attached hydrogens (tertiary/aromatic N) is 2. The molecule has 4 rings (SSSR count). The molecule has 2 atom stereocenters. The molecule has 0 fully saturated rings. The summed E-state index contributed by atoms with van der Waals surface area (Å²) in [7, 11) is 3.90. The van der Waals surface area contributed by atoms with Crippen LogP contribution in [0.15, 0.2) is 63.3 Å². The van der Waals surface area contributed by atoms with Gasteiger partial charge in [-0.3, -0.25) is 14.5 Å². The van der Waals surface area contributed by atoms with Gasteiger partial charge in [-0.2, -0.15) is 0 Å². The van der Waals surface area contributed by atoms with Crippen molar-refractivity contribution in [3.63, 3.8) is 0 Å². The minimum atomic E-state index is -0.298. The Balaban J connectivity index is 1.39. The third kappa shape index (κ3) is 5.38. The Bertz CT molecular complexity index is 1270. The third-order valence-electron chi connectivity index (χ3n) is 5.38. The molecule has 172 valence electrons. The fourth-order valence-corrected chi connectivity index (χ4v) is 5.28. The molecule has 0 saturated carbocycles. The van der Waals surface area contributed by atoms with Gasteiger partial charge in [-0.1, -0.05) is 30.3 Å². The Morgan fingerprint density at radius 1 is 1.24 bits per heavy atom. The molecule has 0 aliphatic heterocycles. The van der Waals surface area contributed by atoms with E-state index in [2.05, 4.69) is 15.3 Å². The molecule has 0 aliphatic rings. The molecule has 0 unspecified atom stereocenters. The first-order valence-corrected chi connectivity index (χ1v) is 12.5. The zero-order valence-electron chi connectivity index (χ0n) is 18.7. The fourth-order valence-electron chi connectivity index (χ4n) is 3.53. The van der Waals surface area contributed by atoms with Gasteiger partial charge in [0.15, 0.2) is 0 Å². The average molecular weight is 483 g/mol. The normalized spacial score (nSPS) is 13.3. The highest BCUT2D eigenvalue weighted by Crippen LogP contribution is 2.30. The summed E-state index contributed by atoms with van der Waals surface area (Å²) in [6.07, 6.45) is 1.63. The molecule has 9 heteroatoms. The smallest absolute Gasteiger partial charge is 0.260 e. The van der Waals surface area contributed by atoms with Crippen LogP contribution in [-0.4, -0.2) is 46.7 Å². The summed E-state index contributed by atoms with van der Waals surface area (Å²) in [5.41, 5.74) is 1.73. The number of carbonyl (C=O) groups excluding carboxylic acids is 1. The maximum absolute atomic E-state index is 12.8. The van der Waals surface area contributed by atoms with Crippen molar-refractivity contribution in [1.29, 1.82) is 0 Å². The summed E-state index contributed by atoms with van der Waals surface area (Å²) in [6, 6.07) is 13.5. The zero-order valence-corrected chi connectivity index (χ0v) is 20.3. The lowest BCUT2D eigenvalue weighted by atomic mass is 10.1. The quantitative estimate of drug-likeness (QED) is 0.370. The van der Waals surface area contributed by atoms with E-state index in [0.29, 0.717) is 28.3 Å². The van der Waals surface area contributed by atoms with Gasteiger partial charge in [-0.25, -0.2) is 4.98 Å². The number of hydrogen-bond donors (Lipinski definition) is 2. The highest BCUT2D eigenvalue weighted by atomic mass is 32.2. The number of fused-ring (bicyclic) bond motifs is 1. The molecule has 0 bridgehead atoms. The molecule has 1 aromatic carbocycles. The van der Waals surface area contributed by atoms with E-state index in [9.17, 15) is 9.59 Å². The van der Waals surface area contributed by atoms with Crippen molar-refractivity contribution in [2.75, 3.05) is 20.6 Å². The number of H-pyrrole nitrogens is 1. The number of furan rings is 1. The lowest BCUT2D eigenvalue weighted by Crippen LogP contribution is -2.38. The number of thiophene rings is 1. The van der Waals surface area contributed by atoms with E-state index < -0.39 is 0 Å². The molecule has 2 N–H and O–H groups in total. The van der Waals surface area contributed by atoms with Gasteiger partial charge < -0.3 is 14.7 Å². The van der Waals surface area contributed by atoms with Gasteiger partial charge in [0.1, 0.15) is 16.4 Å². The largest absolute Gasteiger partial charge is 0.468 e. The highest BCUT2D eigenvalue weighted by Gasteiger charge is 2.21. The Morgan fingerprint density at radius 3 is 2.73 bits per heavy atom. The van der Waals surface area contributed by atoms with Gasteiger partial charge in [-0.15, -0.1) is 23.1 Å². The molecule has 0 radical (unpaired) electrons. The summed E-state index contributed by atoms with van der Waals surface area (Å²) < 4.78 is 5.49. The predicted octanol–water partition coefficient (Wildman–Crippen LogP) is 4.29. The second-order valence-electron chi connectivity index (χ2n) is 7.90. The first-order valence-electron chi connectivity index (χ1n) is 10.6. The van der Waals surface area contributed by atoms with Crippen LogP contribution in [0.4, 0.5) is 0 Å².